The van der Waals surface area contributed by atoms with Gasteiger partial charge in [0.25, 0.3) is 0 Å². The Morgan fingerprint density at radius 3 is 2.50 bits per heavy atom. The first kappa shape index (κ1) is 11.7. The van der Waals surface area contributed by atoms with Gasteiger partial charge in [-0.1, -0.05) is 0 Å². The van der Waals surface area contributed by atoms with Crippen LogP contribution in [0, 0.1) is 0 Å². The third-order valence-electron chi connectivity index (χ3n) is 2.25. The van der Waals surface area contributed by atoms with Gasteiger partial charge in [-0.05, 0) is 44.0 Å². The van der Waals surface area contributed by atoms with E-state index in [2.05, 4.69) is 52.8 Å². The van der Waals surface area contributed by atoms with Crippen molar-refractivity contribution in [1.82, 2.24) is 5.32 Å². The number of nitrogens with one attached hydrogen (secondary N) is 3. The van der Waals surface area contributed by atoms with Gasteiger partial charge in [0, 0.05) is 28.2 Å². The van der Waals surface area contributed by atoms with Crippen LogP contribution in [0.1, 0.15) is 0 Å². The molecule has 2 rings (SSSR count). The van der Waals surface area contributed by atoms with Crippen LogP contribution >= 0.6 is 31.9 Å². The molecule has 0 amide bonds. The number of guanidine groups is 1. The van der Waals surface area contributed by atoms with Crippen LogP contribution in [0.3, 0.4) is 0 Å². The lowest BCUT2D eigenvalue weighted by Crippen LogP contribution is -2.26. The van der Waals surface area contributed by atoms with Crippen molar-refractivity contribution in [3.63, 3.8) is 0 Å². The van der Waals surface area contributed by atoms with Crippen LogP contribution in [0.2, 0.25) is 0 Å². The van der Waals surface area contributed by atoms with Crippen molar-refractivity contribution < 1.29 is 0 Å². The van der Waals surface area contributed by atoms with Crippen LogP contribution in [0.4, 0.5) is 11.4 Å². The molecule has 6 heteroatoms. The number of hydrogen-bond donors (Lipinski definition) is 3. The molecule has 0 bridgehead atoms. The van der Waals surface area contributed by atoms with E-state index in [0.29, 0.717) is 0 Å². The lowest BCUT2D eigenvalue weighted by Gasteiger charge is -2.12. The van der Waals surface area contributed by atoms with E-state index in [1.165, 1.54) is 0 Å². The predicted molar refractivity (Wildman–Crippen MR) is 75.3 cm³/mol. The van der Waals surface area contributed by atoms with E-state index in [1.54, 1.807) is 0 Å². The number of aliphatic imine (C=N–C) groups is 1. The summed E-state index contributed by atoms with van der Waals surface area (Å²) < 4.78 is 1.98. The molecule has 1 heterocycles. The lowest BCUT2D eigenvalue weighted by molar-refractivity contribution is 0.959. The molecule has 0 saturated heterocycles. The molecule has 86 valence electrons. The Balaban J connectivity index is 2.26. The zero-order valence-electron chi connectivity index (χ0n) is 8.77. The fourth-order valence-electron chi connectivity index (χ4n) is 1.44. The summed E-state index contributed by atoms with van der Waals surface area (Å²) in [5.74, 6) is 0.818. The molecule has 0 aliphatic carbocycles. The molecule has 0 aromatic heterocycles. The summed E-state index contributed by atoms with van der Waals surface area (Å²) in [5.41, 5.74) is 2.03. The number of halogens is 2. The fraction of sp³-hybridized carbons (Fsp3) is 0.300. The third kappa shape index (κ3) is 2.49. The molecule has 0 fully saturated rings. The molecule has 0 spiro atoms. The van der Waals surface area contributed by atoms with Crippen molar-refractivity contribution in [2.45, 2.75) is 0 Å². The molecule has 1 aliphatic rings. The van der Waals surface area contributed by atoms with E-state index in [0.717, 1.165) is 39.4 Å². The quantitative estimate of drug-likeness (QED) is 0.770. The highest BCUT2D eigenvalue weighted by molar-refractivity contribution is 9.11. The molecule has 16 heavy (non-hydrogen) atoms. The van der Waals surface area contributed by atoms with Crippen molar-refractivity contribution in [2.75, 3.05) is 30.8 Å². The summed E-state index contributed by atoms with van der Waals surface area (Å²) >= 11 is 7.06. The molecular weight excluding hydrogens is 336 g/mol. The molecular formula is C10H12Br2N4. The van der Waals surface area contributed by atoms with E-state index < -0.39 is 0 Å². The van der Waals surface area contributed by atoms with Crippen LogP contribution in [0.15, 0.2) is 26.1 Å². The normalized spacial score (nSPS) is 14.3. The number of benzene rings is 1. The Hall–Kier alpha value is -0.750. The maximum absolute atomic E-state index is 4.29. The predicted octanol–water partition coefficient (Wildman–Crippen LogP) is 2.62. The number of nitrogens with zero attached hydrogens (tertiary/aromatic N) is 1. The molecule has 1 aromatic carbocycles. The van der Waals surface area contributed by atoms with Crippen LogP contribution in [-0.4, -0.2) is 26.1 Å². The lowest BCUT2D eigenvalue weighted by atomic mass is 10.3. The smallest absolute Gasteiger partial charge is 0.195 e. The Bertz CT molecular complexity index is 408. The van der Waals surface area contributed by atoms with Gasteiger partial charge in [-0.2, -0.15) is 0 Å². The molecule has 0 atom stereocenters. The minimum Gasteiger partial charge on any atom is -0.388 e. The zero-order chi connectivity index (χ0) is 11.5. The number of rotatable bonds is 2. The van der Waals surface area contributed by atoms with Crippen molar-refractivity contribution in [3.8, 4) is 0 Å². The van der Waals surface area contributed by atoms with E-state index >= 15 is 0 Å². The maximum atomic E-state index is 4.29. The van der Waals surface area contributed by atoms with Crippen molar-refractivity contribution >= 4 is 49.2 Å². The van der Waals surface area contributed by atoms with Gasteiger partial charge in [-0.25, -0.2) is 0 Å². The molecule has 0 unspecified atom stereocenters. The summed E-state index contributed by atoms with van der Waals surface area (Å²) in [7, 11) is 1.89. The van der Waals surface area contributed by atoms with Gasteiger partial charge in [0.2, 0.25) is 0 Å². The van der Waals surface area contributed by atoms with Crippen LogP contribution in [0.25, 0.3) is 0 Å². The van der Waals surface area contributed by atoms with E-state index in [4.69, 9.17) is 0 Å². The summed E-state index contributed by atoms with van der Waals surface area (Å²) in [6.45, 7) is 1.72. The molecule has 3 N–H and O–H groups in total. The van der Waals surface area contributed by atoms with E-state index in [-0.39, 0.29) is 0 Å². The largest absolute Gasteiger partial charge is 0.388 e. The minimum absolute atomic E-state index is 0.818. The summed E-state index contributed by atoms with van der Waals surface area (Å²) in [6.07, 6.45) is 0. The second-order valence-corrected chi connectivity index (χ2v) is 5.06. The van der Waals surface area contributed by atoms with Crippen LogP contribution in [0.5, 0.6) is 0 Å². The van der Waals surface area contributed by atoms with Crippen LogP contribution < -0.4 is 16.0 Å². The van der Waals surface area contributed by atoms with Crippen molar-refractivity contribution in [3.05, 3.63) is 21.1 Å². The molecule has 0 saturated carbocycles. The van der Waals surface area contributed by atoms with Crippen molar-refractivity contribution in [2.24, 2.45) is 4.99 Å². The van der Waals surface area contributed by atoms with Crippen LogP contribution in [-0.2, 0) is 0 Å². The molecule has 4 nitrogen and oxygen atoms in total. The number of hydrogen-bond acceptors (Lipinski definition) is 4. The highest BCUT2D eigenvalue weighted by atomic mass is 79.9. The second kappa shape index (κ2) is 5.05. The fourth-order valence-corrected chi connectivity index (χ4v) is 2.82. The maximum Gasteiger partial charge on any atom is 0.195 e. The topological polar surface area (TPSA) is 48.5 Å². The number of anilines is 2. The van der Waals surface area contributed by atoms with Gasteiger partial charge in [0.15, 0.2) is 5.96 Å². The molecule has 1 aliphatic heterocycles. The van der Waals surface area contributed by atoms with E-state index in [1.807, 2.05) is 19.2 Å². The highest BCUT2D eigenvalue weighted by Gasteiger charge is 2.11. The second-order valence-electron chi connectivity index (χ2n) is 3.35. The van der Waals surface area contributed by atoms with Crippen molar-refractivity contribution in [1.29, 1.82) is 0 Å². The average molecular weight is 348 g/mol. The van der Waals surface area contributed by atoms with Gasteiger partial charge in [-0.15, -0.1) is 0 Å². The van der Waals surface area contributed by atoms with Gasteiger partial charge < -0.3 is 16.0 Å². The van der Waals surface area contributed by atoms with Gasteiger partial charge >= 0.3 is 0 Å². The third-order valence-corrected chi connectivity index (χ3v) is 3.50. The summed E-state index contributed by atoms with van der Waals surface area (Å²) in [4.78, 5) is 4.29. The first-order valence-corrected chi connectivity index (χ1v) is 6.51. The Kier molecular flexibility index (Phi) is 3.70. The monoisotopic (exact) mass is 346 g/mol. The molecule has 1 aromatic rings. The SMILES string of the molecule is CNc1cc(Br)c(NC2=NCCN2)c(Br)c1. The Morgan fingerprint density at radius 1 is 1.31 bits per heavy atom. The first-order chi connectivity index (χ1) is 7.70. The standard InChI is InChI=1S/C10H12Br2N4/c1-13-6-4-7(11)9(8(12)5-6)16-10-14-2-3-15-10/h4-5,13H,2-3H2,1H3,(H2,14,15,16). The minimum atomic E-state index is 0.818. The highest BCUT2D eigenvalue weighted by Crippen LogP contribution is 2.34. The van der Waals surface area contributed by atoms with Gasteiger partial charge in [0.1, 0.15) is 0 Å². The van der Waals surface area contributed by atoms with Gasteiger partial charge in [0.05, 0.1) is 12.2 Å². The average Bonchev–Trinajstić information content (AvgIpc) is 2.75. The van der Waals surface area contributed by atoms with E-state index in [9.17, 15) is 0 Å². The molecule has 0 radical (unpaired) electrons. The summed E-state index contributed by atoms with van der Waals surface area (Å²) in [5, 5.41) is 9.51. The first-order valence-electron chi connectivity index (χ1n) is 4.93. The zero-order valence-corrected chi connectivity index (χ0v) is 11.9. The Morgan fingerprint density at radius 2 is 2.00 bits per heavy atom. The Labute approximate surface area is 111 Å². The summed E-state index contributed by atoms with van der Waals surface area (Å²) in [6, 6.07) is 4.03. The van der Waals surface area contributed by atoms with Gasteiger partial charge in [-0.3, -0.25) is 4.99 Å².